The Hall–Kier alpha value is -1.11. The van der Waals surface area contributed by atoms with Gasteiger partial charge in [-0.15, -0.1) is 0 Å². The summed E-state index contributed by atoms with van der Waals surface area (Å²) in [6, 6.07) is 8.28. The van der Waals surface area contributed by atoms with Crippen LogP contribution in [0, 0.1) is 0 Å². The molecule has 6 heteroatoms. The summed E-state index contributed by atoms with van der Waals surface area (Å²) in [4.78, 5) is 2.30. The number of methoxy groups -OCH3 is 1. The predicted molar refractivity (Wildman–Crippen MR) is 79.4 cm³/mol. The number of piperazine rings is 1. The summed E-state index contributed by atoms with van der Waals surface area (Å²) < 4.78 is 29.8. The molecule has 0 N–H and O–H groups in total. The van der Waals surface area contributed by atoms with Crippen LogP contribution in [0.25, 0.3) is 0 Å². The molecule has 112 valence electrons. The number of rotatable bonds is 4. The second kappa shape index (κ2) is 6.11. The minimum Gasteiger partial charge on any atom is -0.497 e. The molecule has 5 nitrogen and oxygen atoms in total. The Morgan fingerprint density at radius 2 is 1.85 bits per heavy atom. The molecule has 0 unspecified atom stereocenters. The summed E-state index contributed by atoms with van der Waals surface area (Å²) in [5.41, 5.74) is 1.19. The lowest BCUT2D eigenvalue weighted by molar-refractivity contribution is 0.146. The fourth-order valence-corrected chi connectivity index (χ4v) is 3.36. The van der Waals surface area contributed by atoms with Crippen molar-refractivity contribution in [2.75, 3.05) is 39.5 Å². The van der Waals surface area contributed by atoms with Crippen molar-refractivity contribution in [2.24, 2.45) is 0 Å². The van der Waals surface area contributed by atoms with E-state index in [0.717, 1.165) is 18.8 Å². The molecule has 1 aliphatic heterocycles. The van der Waals surface area contributed by atoms with E-state index in [1.807, 2.05) is 18.2 Å². The number of sulfonamides is 1. The van der Waals surface area contributed by atoms with E-state index >= 15 is 0 Å². The summed E-state index contributed by atoms with van der Waals surface area (Å²) in [5.74, 6) is 0.851. The van der Waals surface area contributed by atoms with E-state index in [1.165, 1.54) is 11.8 Å². The SMILES string of the molecule is COc1cccc([C@H](C)N2CCN(S(C)(=O)=O)CC2)c1. The van der Waals surface area contributed by atoms with Gasteiger partial charge in [0, 0.05) is 32.2 Å². The highest BCUT2D eigenvalue weighted by Gasteiger charge is 2.26. The molecule has 1 aliphatic rings. The van der Waals surface area contributed by atoms with E-state index < -0.39 is 10.0 Å². The average Bonchev–Trinajstić information content (AvgIpc) is 2.46. The summed E-state index contributed by atoms with van der Waals surface area (Å²) in [7, 11) is -1.40. The largest absolute Gasteiger partial charge is 0.497 e. The zero-order valence-electron chi connectivity index (χ0n) is 12.2. The highest BCUT2D eigenvalue weighted by Crippen LogP contribution is 2.25. The van der Waals surface area contributed by atoms with Crippen molar-refractivity contribution < 1.29 is 13.2 Å². The van der Waals surface area contributed by atoms with Crippen LogP contribution in [-0.4, -0.2) is 57.2 Å². The van der Waals surface area contributed by atoms with Crippen molar-refractivity contribution in [3.8, 4) is 5.75 Å². The summed E-state index contributed by atoms with van der Waals surface area (Å²) in [6.07, 6.45) is 1.27. The van der Waals surface area contributed by atoms with Crippen molar-refractivity contribution >= 4 is 10.0 Å². The molecule has 20 heavy (non-hydrogen) atoms. The van der Waals surface area contributed by atoms with Gasteiger partial charge in [0.25, 0.3) is 0 Å². The van der Waals surface area contributed by atoms with Gasteiger partial charge in [-0.3, -0.25) is 4.90 Å². The van der Waals surface area contributed by atoms with Crippen molar-refractivity contribution in [1.82, 2.24) is 9.21 Å². The molecule has 2 rings (SSSR count). The van der Waals surface area contributed by atoms with Crippen molar-refractivity contribution in [1.29, 1.82) is 0 Å². The fourth-order valence-electron chi connectivity index (χ4n) is 2.53. The minimum absolute atomic E-state index is 0.256. The van der Waals surface area contributed by atoms with Gasteiger partial charge >= 0.3 is 0 Å². The van der Waals surface area contributed by atoms with Gasteiger partial charge in [-0.05, 0) is 24.6 Å². The minimum atomic E-state index is -3.06. The number of nitrogens with zero attached hydrogens (tertiary/aromatic N) is 2. The third-order valence-corrected chi connectivity index (χ3v) is 5.17. The van der Waals surface area contributed by atoms with Gasteiger partial charge in [0.1, 0.15) is 5.75 Å². The Bertz CT molecular complexity index is 551. The van der Waals surface area contributed by atoms with Gasteiger partial charge in [0.05, 0.1) is 13.4 Å². The molecule has 0 spiro atoms. The Labute approximate surface area is 121 Å². The second-order valence-electron chi connectivity index (χ2n) is 5.15. The third-order valence-electron chi connectivity index (χ3n) is 3.87. The molecule has 0 aromatic heterocycles. The van der Waals surface area contributed by atoms with E-state index in [0.29, 0.717) is 13.1 Å². The maximum absolute atomic E-state index is 11.5. The molecule has 1 aromatic carbocycles. The smallest absolute Gasteiger partial charge is 0.211 e. The third kappa shape index (κ3) is 3.50. The molecule has 0 aliphatic carbocycles. The maximum Gasteiger partial charge on any atom is 0.211 e. The van der Waals surface area contributed by atoms with Crippen LogP contribution in [0.15, 0.2) is 24.3 Å². The summed E-state index contributed by atoms with van der Waals surface area (Å²) in [6.45, 7) is 4.78. The molecule has 1 heterocycles. The Morgan fingerprint density at radius 3 is 2.40 bits per heavy atom. The lowest BCUT2D eigenvalue weighted by Gasteiger charge is -2.37. The quantitative estimate of drug-likeness (QED) is 0.841. The van der Waals surface area contributed by atoms with E-state index in [1.54, 1.807) is 11.4 Å². The van der Waals surface area contributed by atoms with Gasteiger partial charge in [-0.25, -0.2) is 8.42 Å². The molecule has 0 amide bonds. The van der Waals surface area contributed by atoms with E-state index in [-0.39, 0.29) is 6.04 Å². The topological polar surface area (TPSA) is 49.9 Å². The molecular formula is C14H22N2O3S. The van der Waals surface area contributed by atoms with Gasteiger partial charge in [0.15, 0.2) is 0 Å². The summed E-state index contributed by atoms with van der Waals surface area (Å²) in [5, 5.41) is 0. The van der Waals surface area contributed by atoms with Gasteiger partial charge in [-0.2, -0.15) is 4.31 Å². The predicted octanol–water partition coefficient (Wildman–Crippen LogP) is 1.33. The van der Waals surface area contributed by atoms with Gasteiger partial charge < -0.3 is 4.74 Å². The second-order valence-corrected chi connectivity index (χ2v) is 7.13. The number of hydrogen-bond donors (Lipinski definition) is 0. The lowest BCUT2D eigenvalue weighted by atomic mass is 10.1. The van der Waals surface area contributed by atoms with Crippen molar-refractivity contribution in [3.05, 3.63) is 29.8 Å². The Morgan fingerprint density at radius 1 is 1.20 bits per heavy atom. The molecule has 1 atom stereocenters. The normalized spacial score (nSPS) is 19.8. The van der Waals surface area contributed by atoms with E-state index in [4.69, 9.17) is 4.74 Å². The fraction of sp³-hybridized carbons (Fsp3) is 0.571. The van der Waals surface area contributed by atoms with Crippen LogP contribution in [0.4, 0.5) is 0 Å². The highest BCUT2D eigenvalue weighted by molar-refractivity contribution is 7.88. The number of ether oxygens (including phenoxy) is 1. The first-order valence-electron chi connectivity index (χ1n) is 6.75. The zero-order valence-corrected chi connectivity index (χ0v) is 13.1. The van der Waals surface area contributed by atoms with E-state index in [9.17, 15) is 8.42 Å². The first-order chi connectivity index (χ1) is 9.41. The Kier molecular flexibility index (Phi) is 4.67. The molecule has 0 saturated carbocycles. The Balaban J connectivity index is 2.02. The molecular weight excluding hydrogens is 276 g/mol. The summed E-state index contributed by atoms with van der Waals surface area (Å²) >= 11 is 0. The molecule has 1 aromatic rings. The van der Waals surface area contributed by atoms with Crippen LogP contribution < -0.4 is 4.74 Å². The maximum atomic E-state index is 11.5. The molecule has 0 bridgehead atoms. The first kappa shape index (κ1) is 15.3. The molecule has 1 saturated heterocycles. The van der Waals surface area contributed by atoms with Crippen molar-refractivity contribution in [2.45, 2.75) is 13.0 Å². The number of hydrogen-bond acceptors (Lipinski definition) is 4. The standard InChI is InChI=1S/C14H22N2O3S/c1-12(13-5-4-6-14(11-13)19-2)15-7-9-16(10-8-15)20(3,17)18/h4-6,11-12H,7-10H2,1-3H3/t12-/m0/s1. The van der Waals surface area contributed by atoms with Crippen molar-refractivity contribution in [3.63, 3.8) is 0 Å². The van der Waals surface area contributed by atoms with Crippen LogP contribution in [0.5, 0.6) is 5.75 Å². The monoisotopic (exact) mass is 298 g/mol. The average molecular weight is 298 g/mol. The van der Waals surface area contributed by atoms with E-state index in [2.05, 4.69) is 17.9 Å². The lowest BCUT2D eigenvalue weighted by Crippen LogP contribution is -2.48. The highest BCUT2D eigenvalue weighted by atomic mass is 32.2. The zero-order chi connectivity index (χ0) is 14.8. The molecule has 1 fully saturated rings. The van der Waals surface area contributed by atoms with Crippen LogP contribution in [0.1, 0.15) is 18.5 Å². The van der Waals surface area contributed by atoms with Crippen LogP contribution in [0.3, 0.4) is 0 Å². The van der Waals surface area contributed by atoms with Crippen LogP contribution in [-0.2, 0) is 10.0 Å². The first-order valence-corrected chi connectivity index (χ1v) is 8.60. The molecule has 0 radical (unpaired) electrons. The van der Waals surface area contributed by atoms with Gasteiger partial charge in [-0.1, -0.05) is 12.1 Å². The number of benzene rings is 1. The van der Waals surface area contributed by atoms with Crippen LogP contribution >= 0.6 is 0 Å². The van der Waals surface area contributed by atoms with Gasteiger partial charge in [0.2, 0.25) is 10.0 Å². The van der Waals surface area contributed by atoms with Crippen LogP contribution in [0.2, 0.25) is 0 Å².